The first-order chi connectivity index (χ1) is 6.58. The third-order valence-electron chi connectivity index (χ3n) is 1.98. The molecule has 0 radical (unpaired) electrons. The summed E-state index contributed by atoms with van der Waals surface area (Å²) >= 11 is 11.8. The van der Waals surface area contributed by atoms with Gasteiger partial charge in [-0.25, -0.2) is 4.99 Å². The Balaban J connectivity index is 2.41. The molecule has 1 aromatic rings. The van der Waals surface area contributed by atoms with Crippen molar-refractivity contribution in [1.29, 1.82) is 0 Å². The van der Waals surface area contributed by atoms with Gasteiger partial charge in [0.2, 0.25) is 4.46 Å². The maximum Gasteiger partial charge on any atom is 0.210 e. The number of halogens is 2. The zero-order valence-electron chi connectivity index (χ0n) is 7.54. The molecule has 0 bridgehead atoms. The van der Waals surface area contributed by atoms with Crippen molar-refractivity contribution in [3.63, 3.8) is 0 Å². The monoisotopic (exact) mass is 229 g/mol. The molecule has 1 aliphatic rings. The van der Waals surface area contributed by atoms with Gasteiger partial charge >= 0.3 is 0 Å². The Hall–Kier alpha value is -0.930. The number of alkyl halides is 2. The summed E-state index contributed by atoms with van der Waals surface area (Å²) in [6, 6.07) is 3.90. The molecule has 5 heteroatoms. The molecule has 0 unspecified atom stereocenters. The van der Waals surface area contributed by atoms with E-state index in [0.29, 0.717) is 0 Å². The summed E-state index contributed by atoms with van der Waals surface area (Å²) in [4.78, 5) is 4.16. The van der Waals surface area contributed by atoms with E-state index in [1.54, 1.807) is 6.08 Å². The Labute approximate surface area is 92.0 Å². The second-order valence-corrected chi connectivity index (χ2v) is 4.45. The zero-order valence-corrected chi connectivity index (χ0v) is 9.05. The second-order valence-electron chi connectivity index (χ2n) is 3.06. The highest BCUT2D eigenvalue weighted by molar-refractivity contribution is 6.50. The summed E-state index contributed by atoms with van der Waals surface area (Å²) in [6.45, 7) is 0. The Morgan fingerprint density at radius 1 is 1.50 bits per heavy atom. The number of rotatable bonds is 1. The van der Waals surface area contributed by atoms with Gasteiger partial charge in [-0.3, -0.25) is 0 Å². The maximum absolute atomic E-state index is 5.91. The predicted octanol–water partition coefficient (Wildman–Crippen LogP) is 2.13. The fourth-order valence-electron chi connectivity index (χ4n) is 1.31. The average molecular weight is 230 g/mol. The minimum Gasteiger partial charge on any atom is -0.349 e. The maximum atomic E-state index is 5.91. The van der Waals surface area contributed by atoms with E-state index >= 15 is 0 Å². The van der Waals surface area contributed by atoms with E-state index in [9.17, 15) is 0 Å². The van der Waals surface area contributed by atoms with Crippen LogP contribution in [-0.2, 0) is 7.05 Å². The van der Waals surface area contributed by atoms with Gasteiger partial charge in [0, 0.05) is 13.2 Å². The van der Waals surface area contributed by atoms with Crippen molar-refractivity contribution in [2.24, 2.45) is 12.0 Å². The number of aryl methyl sites for hydroxylation is 1. The van der Waals surface area contributed by atoms with Gasteiger partial charge in [0.15, 0.2) is 0 Å². The molecule has 1 aliphatic heterocycles. The van der Waals surface area contributed by atoms with Gasteiger partial charge < -0.3 is 9.88 Å². The smallest absolute Gasteiger partial charge is 0.210 e. The summed E-state index contributed by atoms with van der Waals surface area (Å²) in [5.74, 6) is 0. The SMILES string of the molecule is Cn1cccc1C1=CC(Cl)(Cl)NC=N1. The summed E-state index contributed by atoms with van der Waals surface area (Å²) in [5, 5.41) is 2.72. The van der Waals surface area contributed by atoms with Crippen LogP contribution < -0.4 is 5.32 Å². The van der Waals surface area contributed by atoms with Crippen molar-refractivity contribution in [2.75, 3.05) is 0 Å². The van der Waals surface area contributed by atoms with Gasteiger partial charge in [-0.05, 0) is 18.2 Å². The molecule has 2 rings (SSSR count). The molecule has 0 saturated carbocycles. The second kappa shape index (κ2) is 3.33. The van der Waals surface area contributed by atoms with Crippen molar-refractivity contribution in [1.82, 2.24) is 9.88 Å². The molecule has 0 fully saturated rings. The van der Waals surface area contributed by atoms with Crippen LogP contribution in [0, 0.1) is 0 Å². The molecule has 74 valence electrons. The molecule has 0 amide bonds. The van der Waals surface area contributed by atoms with Gasteiger partial charge in [-0.2, -0.15) is 0 Å². The first-order valence-corrected chi connectivity index (χ1v) is 4.87. The molecule has 1 aromatic heterocycles. The lowest BCUT2D eigenvalue weighted by atomic mass is 10.3. The lowest BCUT2D eigenvalue weighted by Gasteiger charge is -2.20. The highest BCUT2D eigenvalue weighted by Crippen LogP contribution is 2.27. The third kappa shape index (κ3) is 1.79. The lowest BCUT2D eigenvalue weighted by molar-refractivity contribution is 0.870. The summed E-state index contributed by atoms with van der Waals surface area (Å²) in [5.41, 5.74) is 1.75. The van der Waals surface area contributed by atoms with Gasteiger partial charge in [-0.1, -0.05) is 23.2 Å². The van der Waals surface area contributed by atoms with E-state index in [2.05, 4.69) is 10.3 Å². The quantitative estimate of drug-likeness (QED) is 0.581. The normalized spacial score (nSPS) is 18.9. The fourth-order valence-corrected chi connectivity index (χ4v) is 1.61. The van der Waals surface area contributed by atoms with E-state index in [1.807, 2.05) is 29.9 Å². The molecular formula is C9H9Cl2N3. The Kier molecular flexibility index (Phi) is 2.29. The zero-order chi connectivity index (χ0) is 10.2. The standard InChI is InChI=1S/C9H9Cl2N3/c1-14-4-2-3-8(14)7-5-9(10,11)13-6-12-7/h2-6H,1H3,(H,12,13). The van der Waals surface area contributed by atoms with Crippen LogP contribution in [0.3, 0.4) is 0 Å². The van der Waals surface area contributed by atoms with Crippen LogP contribution in [0.1, 0.15) is 5.69 Å². The number of aliphatic imine (C=N–C) groups is 1. The van der Waals surface area contributed by atoms with Gasteiger partial charge in [0.25, 0.3) is 0 Å². The van der Waals surface area contributed by atoms with Crippen LogP contribution >= 0.6 is 23.2 Å². The van der Waals surface area contributed by atoms with E-state index in [-0.39, 0.29) is 0 Å². The highest BCUT2D eigenvalue weighted by Gasteiger charge is 2.23. The Bertz CT molecular complexity index is 404. The number of aromatic nitrogens is 1. The van der Waals surface area contributed by atoms with Gasteiger partial charge in [0.05, 0.1) is 17.7 Å². The largest absolute Gasteiger partial charge is 0.349 e. The third-order valence-corrected chi connectivity index (χ3v) is 2.42. The van der Waals surface area contributed by atoms with E-state index < -0.39 is 4.46 Å². The molecule has 3 nitrogen and oxygen atoms in total. The number of hydrogen-bond acceptors (Lipinski definition) is 2. The molecule has 0 aromatic carbocycles. The molecular weight excluding hydrogens is 221 g/mol. The van der Waals surface area contributed by atoms with Gasteiger partial charge in [-0.15, -0.1) is 0 Å². The molecule has 0 spiro atoms. The predicted molar refractivity (Wildman–Crippen MR) is 59.5 cm³/mol. The van der Waals surface area contributed by atoms with E-state index in [1.165, 1.54) is 6.34 Å². The van der Waals surface area contributed by atoms with Crippen LogP contribution in [0.25, 0.3) is 5.70 Å². The average Bonchev–Trinajstić information content (AvgIpc) is 2.49. The van der Waals surface area contributed by atoms with Crippen LogP contribution in [0.2, 0.25) is 0 Å². The van der Waals surface area contributed by atoms with Crippen LogP contribution in [-0.4, -0.2) is 15.4 Å². The number of hydrogen-bond donors (Lipinski definition) is 1. The molecule has 0 atom stereocenters. The van der Waals surface area contributed by atoms with Crippen LogP contribution in [0.5, 0.6) is 0 Å². The molecule has 0 aliphatic carbocycles. The molecule has 14 heavy (non-hydrogen) atoms. The van der Waals surface area contributed by atoms with E-state index in [0.717, 1.165) is 11.4 Å². The Morgan fingerprint density at radius 3 is 2.86 bits per heavy atom. The van der Waals surface area contributed by atoms with E-state index in [4.69, 9.17) is 23.2 Å². The minimum absolute atomic E-state index is 0.765. The summed E-state index contributed by atoms with van der Waals surface area (Å²) in [6.07, 6.45) is 5.12. The highest BCUT2D eigenvalue weighted by atomic mass is 35.5. The summed E-state index contributed by atoms with van der Waals surface area (Å²) < 4.78 is 0.889. The van der Waals surface area contributed by atoms with Crippen LogP contribution in [0.15, 0.2) is 29.4 Å². The molecule has 0 saturated heterocycles. The minimum atomic E-state index is -1.07. The fraction of sp³-hybridized carbons (Fsp3) is 0.222. The Morgan fingerprint density at radius 2 is 2.29 bits per heavy atom. The topological polar surface area (TPSA) is 29.3 Å². The van der Waals surface area contributed by atoms with Crippen molar-refractivity contribution in [3.05, 3.63) is 30.1 Å². The lowest BCUT2D eigenvalue weighted by Crippen LogP contribution is -2.33. The molecule has 2 heterocycles. The molecule has 1 N–H and O–H groups in total. The number of nitrogens with zero attached hydrogens (tertiary/aromatic N) is 2. The van der Waals surface area contributed by atoms with Gasteiger partial charge in [0.1, 0.15) is 0 Å². The summed E-state index contributed by atoms with van der Waals surface area (Å²) in [7, 11) is 1.94. The van der Waals surface area contributed by atoms with Crippen molar-refractivity contribution in [3.8, 4) is 0 Å². The first kappa shape index (κ1) is 9.62. The van der Waals surface area contributed by atoms with Crippen molar-refractivity contribution in [2.45, 2.75) is 4.46 Å². The van der Waals surface area contributed by atoms with Crippen LogP contribution in [0.4, 0.5) is 0 Å². The number of nitrogens with one attached hydrogen (secondary N) is 1. The van der Waals surface area contributed by atoms with Crippen molar-refractivity contribution >= 4 is 35.2 Å². The first-order valence-electron chi connectivity index (χ1n) is 4.11. The van der Waals surface area contributed by atoms with Crippen molar-refractivity contribution < 1.29 is 0 Å².